The summed E-state index contributed by atoms with van der Waals surface area (Å²) >= 11 is 0. The van der Waals surface area contributed by atoms with E-state index >= 15 is 0 Å². The minimum atomic E-state index is -1.11. The number of hydrogen-bond acceptors (Lipinski definition) is 3. The molecule has 0 saturated carbocycles. The molecule has 1 heterocycles. The summed E-state index contributed by atoms with van der Waals surface area (Å²) < 4.78 is 11.5. The first-order valence-electron chi connectivity index (χ1n) is 5.16. The Bertz CT molecular complexity index is 452. The minimum Gasteiger partial charge on any atom is -0.478 e. The first-order valence-corrected chi connectivity index (χ1v) is 6.02. The molecule has 0 aliphatic carbocycles. The molecule has 1 aromatic rings. The maximum absolute atomic E-state index is 10.6. The first-order chi connectivity index (χ1) is 8.47. The summed E-state index contributed by atoms with van der Waals surface area (Å²) in [6.07, 6.45) is 0. The van der Waals surface area contributed by atoms with E-state index in [0.717, 1.165) is 13.1 Å². The molecule has 0 radical (unpaired) electrons. The van der Waals surface area contributed by atoms with E-state index in [4.69, 9.17) is 10.2 Å². The summed E-state index contributed by atoms with van der Waals surface area (Å²) in [7, 11) is -0.191. The summed E-state index contributed by atoms with van der Waals surface area (Å²) in [6.45, 7) is 3.57. The summed E-state index contributed by atoms with van der Waals surface area (Å²) in [6, 6.07) is 4.17. The van der Waals surface area contributed by atoms with Gasteiger partial charge in [-0.3, -0.25) is 0 Å². The van der Waals surface area contributed by atoms with Gasteiger partial charge in [-0.15, -0.1) is 0 Å². The van der Waals surface area contributed by atoms with Gasteiger partial charge in [0.25, 0.3) is 0 Å². The molecule has 1 fully saturated rings. The Morgan fingerprint density at radius 1 is 1.17 bits per heavy atom. The third kappa shape index (κ3) is 3.91. The predicted octanol–water partition coefficient (Wildman–Crippen LogP) is 1.63. The second kappa shape index (κ2) is 6.23. The Morgan fingerprint density at radius 2 is 1.61 bits per heavy atom. The van der Waals surface area contributed by atoms with Crippen molar-refractivity contribution in [3.63, 3.8) is 0 Å². The fraction of sp³-hybridized carbons (Fsp3) is 0.273. The Hall–Kier alpha value is -1.78. The molecule has 6 nitrogen and oxygen atoms in total. The van der Waals surface area contributed by atoms with Crippen LogP contribution in [0.3, 0.4) is 0 Å². The zero-order valence-corrected chi connectivity index (χ0v) is 10.7. The van der Waals surface area contributed by atoms with Crippen LogP contribution < -0.4 is 0 Å². The smallest absolute Gasteiger partial charge is 0.421 e. The number of rotatable bonds is 3. The largest absolute Gasteiger partial charge is 0.478 e. The number of hydrogen-bond donors (Lipinski definition) is 2. The van der Waals surface area contributed by atoms with Crippen LogP contribution in [-0.4, -0.2) is 39.9 Å². The van der Waals surface area contributed by atoms with Gasteiger partial charge < -0.3 is 10.2 Å². The van der Waals surface area contributed by atoms with E-state index in [-0.39, 0.29) is 25.3 Å². The predicted molar refractivity (Wildman–Crippen MR) is 65.7 cm³/mol. The molecule has 96 valence electrons. The lowest BCUT2D eigenvalue weighted by molar-refractivity contribution is 0.0696. The standard InChI is InChI=1S/C9H8O4.C2H4NOP/c1-5-6(8(10)11)3-2-4-7(5)9(12)13;4-5-3-1-2-3/h2-4H,1H3,(H,10,11)(H,12,13);1-2H2/p+1. The molecule has 1 saturated heterocycles. The van der Waals surface area contributed by atoms with Gasteiger partial charge in [0, 0.05) is 0 Å². The highest BCUT2D eigenvalue weighted by Crippen LogP contribution is 2.14. The molecule has 18 heavy (non-hydrogen) atoms. The minimum absolute atomic E-state index is 0.0277. The zero-order valence-electron chi connectivity index (χ0n) is 9.71. The number of aromatic carboxylic acids is 2. The second-order valence-corrected chi connectivity index (χ2v) is 4.48. The fourth-order valence-electron chi connectivity index (χ4n) is 1.24. The molecule has 0 amide bonds. The molecular weight excluding hydrogens is 257 g/mol. The van der Waals surface area contributed by atoms with Gasteiger partial charge in [0.2, 0.25) is 0 Å². The number of carboxylic acid groups (broad SMARTS) is 2. The molecular formula is C11H13NO5P+. The normalized spacial score (nSPS) is 13.6. The van der Waals surface area contributed by atoms with Crippen molar-refractivity contribution in [1.29, 1.82) is 0 Å². The van der Waals surface area contributed by atoms with Gasteiger partial charge >= 0.3 is 20.5 Å². The zero-order chi connectivity index (χ0) is 13.7. The monoisotopic (exact) mass is 270 g/mol. The molecule has 0 bridgehead atoms. The molecule has 2 N–H and O–H groups in total. The van der Waals surface area contributed by atoms with Crippen molar-refractivity contribution in [3.8, 4) is 0 Å². The third-order valence-electron chi connectivity index (χ3n) is 2.37. The highest BCUT2D eigenvalue weighted by atomic mass is 31.1. The molecule has 7 heteroatoms. The Balaban J connectivity index is 0.000000269. The van der Waals surface area contributed by atoms with Crippen LogP contribution in [0.25, 0.3) is 0 Å². The number of carboxylic acids is 2. The molecule has 1 atom stereocenters. The molecule has 0 aromatic heterocycles. The molecule has 1 aromatic carbocycles. The van der Waals surface area contributed by atoms with Crippen LogP contribution in [0.2, 0.25) is 0 Å². The average molecular weight is 270 g/mol. The van der Waals surface area contributed by atoms with Crippen molar-refractivity contribution in [1.82, 2.24) is 4.67 Å². The van der Waals surface area contributed by atoms with E-state index in [1.165, 1.54) is 25.1 Å². The molecule has 1 aliphatic heterocycles. The van der Waals surface area contributed by atoms with Crippen molar-refractivity contribution in [3.05, 3.63) is 34.9 Å². The summed E-state index contributed by atoms with van der Waals surface area (Å²) in [5.41, 5.74) is 0.335. The highest BCUT2D eigenvalue weighted by molar-refractivity contribution is 7.21. The van der Waals surface area contributed by atoms with Crippen molar-refractivity contribution in [2.24, 2.45) is 0 Å². The lowest BCUT2D eigenvalue weighted by atomic mass is 10.0. The van der Waals surface area contributed by atoms with Crippen LogP contribution in [0.15, 0.2) is 18.2 Å². The van der Waals surface area contributed by atoms with Crippen LogP contribution in [0.5, 0.6) is 0 Å². The van der Waals surface area contributed by atoms with E-state index in [1.54, 1.807) is 0 Å². The maximum Gasteiger partial charge on any atom is 0.421 e. The van der Waals surface area contributed by atoms with Gasteiger partial charge in [-0.05, 0) is 24.6 Å². The Labute approximate surface area is 105 Å². The van der Waals surface area contributed by atoms with Crippen LogP contribution in [0.1, 0.15) is 26.3 Å². The van der Waals surface area contributed by atoms with Crippen LogP contribution in [0, 0.1) is 6.92 Å². The Kier molecular flexibility index (Phi) is 4.95. The van der Waals surface area contributed by atoms with E-state index in [9.17, 15) is 14.2 Å². The first kappa shape index (κ1) is 14.3. The maximum atomic E-state index is 10.6. The van der Waals surface area contributed by atoms with Crippen molar-refractivity contribution in [2.75, 3.05) is 13.1 Å². The van der Waals surface area contributed by atoms with E-state index in [0.29, 0.717) is 0 Å². The molecule has 0 spiro atoms. The van der Waals surface area contributed by atoms with Gasteiger partial charge in [-0.25, -0.2) is 9.59 Å². The van der Waals surface area contributed by atoms with Crippen LogP contribution in [-0.2, 0) is 4.57 Å². The van der Waals surface area contributed by atoms with E-state index in [1.807, 2.05) is 4.67 Å². The van der Waals surface area contributed by atoms with E-state index < -0.39 is 11.9 Å². The number of nitrogens with zero attached hydrogens (tertiary/aromatic N) is 1. The van der Waals surface area contributed by atoms with Gasteiger partial charge in [-0.2, -0.15) is 0 Å². The molecule has 1 unspecified atom stereocenters. The fourth-order valence-corrected chi connectivity index (χ4v) is 1.52. The Morgan fingerprint density at radius 3 is 1.83 bits per heavy atom. The molecule has 1 aliphatic rings. The van der Waals surface area contributed by atoms with Crippen molar-refractivity contribution < 1.29 is 24.4 Å². The van der Waals surface area contributed by atoms with Gasteiger partial charge in [0.05, 0.1) is 24.2 Å². The lowest BCUT2D eigenvalue weighted by Crippen LogP contribution is -2.06. The van der Waals surface area contributed by atoms with Gasteiger partial charge in [-0.1, -0.05) is 15.3 Å². The topological polar surface area (TPSA) is 94.7 Å². The summed E-state index contributed by atoms with van der Waals surface area (Å²) in [4.78, 5) is 21.2. The lowest BCUT2D eigenvalue weighted by Gasteiger charge is -2.03. The number of carbonyl (C=O) groups is 2. The SMILES string of the molecule is Cc1c(C(=O)O)cccc1C(=O)O.O=[PH+]N1CC1. The molecule has 2 rings (SSSR count). The van der Waals surface area contributed by atoms with Crippen molar-refractivity contribution in [2.45, 2.75) is 6.92 Å². The quantitative estimate of drug-likeness (QED) is 0.640. The van der Waals surface area contributed by atoms with E-state index in [2.05, 4.69) is 0 Å². The highest BCUT2D eigenvalue weighted by Gasteiger charge is 2.24. The average Bonchev–Trinajstić information content (AvgIpc) is 3.12. The van der Waals surface area contributed by atoms with Gasteiger partial charge in [0.15, 0.2) is 0 Å². The second-order valence-electron chi connectivity index (χ2n) is 3.67. The summed E-state index contributed by atoms with van der Waals surface area (Å²) in [5, 5.41) is 17.4. The summed E-state index contributed by atoms with van der Waals surface area (Å²) in [5.74, 6) is -2.22. The van der Waals surface area contributed by atoms with Crippen LogP contribution >= 0.6 is 8.61 Å². The number of benzene rings is 1. The van der Waals surface area contributed by atoms with Crippen LogP contribution in [0.4, 0.5) is 0 Å². The van der Waals surface area contributed by atoms with Gasteiger partial charge in [0.1, 0.15) is 0 Å². The van der Waals surface area contributed by atoms with Crippen molar-refractivity contribution >= 4 is 20.5 Å². The third-order valence-corrected chi connectivity index (χ3v) is 3.08.